The van der Waals surface area contributed by atoms with Crippen LogP contribution in [0.25, 0.3) is 0 Å². The van der Waals surface area contributed by atoms with Crippen LogP contribution in [0.5, 0.6) is 0 Å². The van der Waals surface area contributed by atoms with Crippen molar-refractivity contribution >= 4 is 0 Å². The molecule has 2 fully saturated rings. The van der Waals surface area contributed by atoms with Crippen LogP contribution in [0, 0.1) is 5.92 Å². The predicted octanol–water partition coefficient (Wildman–Crippen LogP) is 2.49. The van der Waals surface area contributed by atoms with E-state index >= 15 is 0 Å². The molecule has 0 spiro atoms. The van der Waals surface area contributed by atoms with Crippen molar-refractivity contribution in [2.24, 2.45) is 5.92 Å². The first-order valence-corrected chi connectivity index (χ1v) is 7.05. The molecule has 1 aromatic rings. The van der Waals surface area contributed by atoms with Gasteiger partial charge in [0, 0.05) is 37.4 Å². The van der Waals surface area contributed by atoms with Crippen LogP contribution in [-0.2, 0) is 6.54 Å². The van der Waals surface area contributed by atoms with Gasteiger partial charge in [-0.3, -0.25) is 0 Å². The summed E-state index contributed by atoms with van der Waals surface area (Å²) in [6, 6.07) is 0. The van der Waals surface area contributed by atoms with Crippen LogP contribution in [-0.4, -0.2) is 34.1 Å². The molecular formula is C14H23N3. The van der Waals surface area contributed by atoms with Crippen LogP contribution in [0.2, 0.25) is 0 Å². The van der Waals surface area contributed by atoms with Gasteiger partial charge in [-0.25, -0.2) is 4.98 Å². The van der Waals surface area contributed by atoms with Gasteiger partial charge in [-0.1, -0.05) is 6.92 Å². The molecule has 2 heterocycles. The zero-order valence-electron chi connectivity index (χ0n) is 10.8. The Kier molecular flexibility index (Phi) is 3.19. The highest BCUT2D eigenvalue weighted by molar-refractivity contribution is 5.12. The first kappa shape index (κ1) is 11.3. The Hall–Kier alpha value is -0.830. The summed E-state index contributed by atoms with van der Waals surface area (Å²) in [6.07, 6.45) is 9.60. The fourth-order valence-corrected chi connectivity index (χ4v) is 2.98. The number of rotatable bonds is 4. The summed E-state index contributed by atoms with van der Waals surface area (Å²) in [5.41, 5.74) is 1.47. The highest BCUT2D eigenvalue weighted by atomic mass is 15.2. The number of hydrogen-bond donors (Lipinski definition) is 0. The molecule has 0 bridgehead atoms. The summed E-state index contributed by atoms with van der Waals surface area (Å²) in [5.74, 6) is 1.70. The highest BCUT2D eigenvalue weighted by Gasteiger charge is 2.26. The lowest BCUT2D eigenvalue weighted by atomic mass is 10.0. The van der Waals surface area contributed by atoms with Crippen molar-refractivity contribution in [2.75, 3.05) is 19.6 Å². The third-order valence-corrected chi connectivity index (χ3v) is 4.14. The average Bonchev–Trinajstić information content (AvgIpc) is 3.06. The minimum Gasteiger partial charge on any atom is -0.333 e. The van der Waals surface area contributed by atoms with Crippen LogP contribution in [0.4, 0.5) is 0 Å². The fourth-order valence-electron chi connectivity index (χ4n) is 2.98. The standard InChI is InChI=1S/C14H23N3/c1-12-3-2-6-16(10-12)7-8-17-11-15-9-14(17)13-4-5-13/h9,11-13H,2-8,10H2,1H3. The molecule has 1 atom stereocenters. The molecular weight excluding hydrogens is 210 g/mol. The molecule has 0 radical (unpaired) electrons. The van der Waals surface area contributed by atoms with Crippen molar-refractivity contribution < 1.29 is 0 Å². The molecule has 1 saturated carbocycles. The van der Waals surface area contributed by atoms with Gasteiger partial charge in [0.05, 0.1) is 6.33 Å². The molecule has 0 amide bonds. The van der Waals surface area contributed by atoms with Gasteiger partial charge in [-0.05, 0) is 38.1 Å². The van der Waals surface area contributed by atoms with Crippen molar-refractivity contribution in [3.63, 3.8) is 0 Å². The molecule has 2 aliphatic rings. The maximum absolute atomic E-state index is 4.31. The maximum atomic E-state index is 4.31. The molecule has 1 aromatic heterocycles. The van der Waals surface area contributed by atoms with E-state index in [1.165, 1.54) is 51.0 Å². The van der Waals surface area contributed by atoms with Crippen molar-refractivity contribution in [2.45, 2.75) is 45.1 Å². The number of piperidine rings is 1. The molecule has 0 aromatic carbocycles. The summed E-state index contributed by atoms with van der Waals surface area (Å²) < 4.78 is 2.37. The lowest BCUT2D eigenvalue weighted by Gasteiger charge is -2.30. The van der Waals surface area contributed by atoms with E-state index in [1.807, 2.05) is 6.33 Å². The van der Waals surface area contributed by atoms with Gasteiger partial charge in [-0.15, -0.1) is 0 Å². The maximum Gasteiger partial charge on any atom is 0.0948 e. The monoisotopic (exact) mass is 233 g/mol. The summed E-state index contributed by atoms with van der Waals surface area (Å²) >= 11 is 0. The number of nitrogens with zero attached hydrogens (tertiary/aromatic N) is 3. The van der Waals surface area contributed by atoms with Crippen LogP contribution in [0.15, 0.2) is 12.5 Å². The Morgan fingerprint density at radius 2 is 2.18 bits per heavy atom. The van der Waals surface area contributed by atoms with E-state index < -0.39 is 0 Å². The van der Waals surface area contributed by atoms with Gasteiger partial charge in [0.1, 0.15) is 0 Å². The molecule has 3 heteroatoms. The van der Waals surface area contributed by atoms with E-state index in [-0.39, 0.29) is 0 Å². The SMILES string of the molecule is CC1CCCN(CCn2cncc2C2CC2)C1. The van der Waals surface area contributed by atoms with Crippen LogP contribution in [0.1, 0.15) is 44.2 Å². The van der Waals surface area contributed by atoms with Gasteiger partial charge < -0.3 is 9.47 Å². The van der Waals surface area contributed by atoms with Crippen molar-refractivity contribution in [3.05, 3.63) is 18.2 Å². The first-order chi connectivity index (χ1) is 8.33. The molecule has 1 aliphatic carbocycles. The molecule has 17 heavy (non-hydrogen) atoms. The van der Waals surface area contributed by atoms with E-state index in [1.54, 1.807) is 0 Å². The normalized spacial score (nSPS) is 26.3. The minimum atomic E-state index is 0.817. The van der Waals surface area contributed by atoms with E-state index in [4.69, 9.17) is 0 Å². The predicted molar refractivity (Wildman–Crippen MR) is 69.0 cm³/mol. The van der Waals surface area contributed by atoms with Gasteiger partial charge in [0.15, 0.2) is 0 Å². The summed E-state index contributed by atoms with van der Waals surface area (Å²) in [7, 11) is 0. The highest BCUT2D eigenvalue weighted by Crippen LogP contribution is 2.39. The summed E-state index contributed by atoms with van der Waals surface area (Å²) in [4.78, 5) is 6.92. The lowest BCUT2D eigenvalue weighted by molar-refractivity contribution is 0.177. The first-order valence-electron chi connectivity index (χ1n) is 7.05. The number of hydrogen-bond acceptors (Lipinski definition) is 2. The third kappa shape index (κ3) is 2.71. The van der Waals surface area contributed by atoms with Crippen molar-refractivity contribution in [3.8, 4) is 0 Å². The fraction of sp³-hybridized carbons (Fsp3) is 0.786. The van der Waals surface area contributed by atoms with Crippen molar-refractivity contribution in [1.82, 2.24) is 14.5 Å². The van der Waals surface area contributed by atoms with Crippen LogP contribution in [0.3, 0.4) is 0 Å². The quantitative estimate of drug-likeness (QED) is 0.796. The molecule has 3 nitrogen and oxygen atoms in total. The second kappa shape index (κ2) is 4.81. The Bertz CT molecular complexity index is 367. The van der Waals surface area contributed by atoms with Gasteiger partial charge in [0.25, 0.3) is 0 Å². The van der Waals surface area contributed by atoms with Gasteiger partial charge >= 0.3 is 0 Å². The number of aromatic nitrogens is 2. The summed E-state index contributed by atoms with van der Waals surface area (Å²) in [6.45, 7) is 7.27. The zero-order chi connectivity index (χ0) is 11.7. The molecule has 3 rings (SSSR count). The number of imidazole rings is 1. The molecule has 1 unspecified atom stereocenters. The largest absolute Gasteiger partial charge is 0.333 e. The van der Waals surface area contributed by atoms with E-state index in [9.17, 15) is 0 Å². The van der Waals surface area contributed by atoms with E-state index in [0.717, 1.165) is 18.4 Å². The van der Waals surface area contributed by atoms with Crippen LogP contribution < -0.4 is 0 Å². The lowest BCUT2D eigenvalue weighted by Crippen LogP contribution is -2.36. The topological polar surface area (TPSA) is 21.1 Å². The molecule has 1 saturated heterocycles. The second-order valence-electron chi connectivity index (χ2n) is 5.83. The van der Waals surface area contributed by atoms with E-state index in [2.05, 4.69) is 27.6 Å². The third-order valence-electron chi connectivity index (χ3n) is 4.14. The Balaban J connectivity index is 1.54. The summed E-state index contributed by atoms with van der Waals surface area (Å²) in [5, 5.41) is 0. The zero-order valence-corrected chi connectivity index (χ0v) is 10.8. The molecule has 94 valence electrons. The minimum absolute atomic E-state index is 0.817. The average molecular weight is 233 g/mol. The van der Waals surface area contributed by atoms with Crippen LogP contribution >= 0.6 is 0 Å². The van der Waals surface area contributed by atoms with Gasteiger partial charge in [-0.2, -0.15) is 0 Å². The number of likely N-dealkylation sites (tertiary alicyclic amines) is 1. The Labute approximate surface area is 104 Å². The Morgan fingerprint density at radius 3 is 2.94 bits per heavy atom. The molecule has 0 N–H and O–H groups in total. The molecule has 1 aliphatic heterocycles. The van der Waals surface area contributed by atoms with E-state index in [0.29, 0.717) is 0 Å². The van der Waals surface area contributed by atoms with Gasteiger partial charge in [0.2, 0.25) is 0 Å². The Morgan fingerprint density at radius 1 is 1.29 bits per heavy atom. The van der Waals surface area contributed by atoms with Crippen molar-refractivity contribution in [1.29, 1.82) is 0 Å². The smallest absolute Gasteiger partial charge is 0.0948 e. The second-order valence-corrected chi connectivity index (χ2v) is 5.83.